The van der Waals surface area contributed by atoms with Gasteiger partial charge >= 0.3 is 0 Å². The van der Waals surface area contributed by atoms with Crippen LogP contribution in [0.25, 0.3) is 33.6 Å². The fourth-order valence-corrected chi connectivity index (χ4v) is 3.39. The average Bonchev–Trinajstić information content (AvgIpc) is 2.74. The minimum Gasteiger partial charge on any atom is -0.497 e. The number of ether oxygens (including phenoxy) is 1. The van der Waals surface area contributed by atoms with E-state index in [1.54, 1.807) is 7.11 Å². The molecule has 0 aliphatic rings. The van der Waals surface area contributed by atoms with Gasteiger partial charge in [0.15, 0.2) is 0 Å². The highest BCUT2D eigenvalue weighted by Gasteiger charge is 2.09. The molecule has 2 nitrogen and oxygen atoms in total. The minimum absolute atomic E-state index is 0.839. The molecule has 3 aromatic carbocycles. The fourth-order valence-electron chi connectivity index (χ4n) is 3.12. The summed E-state index contributed by atoms with van der Waals surface area (Å²) >= 11 is 3.51. The van der Waals surface area contributed by atoms with Crippen molar-refractivity contribution < 1.29 is 4.74 Å². The zero-order valence-corrected chi connectivity index (χ0v) is 17.4. The van der Waals surface area contributed by atoms with Crippen LogP contribution in [0.4, 0.5) is 0 Å². The number of benzene rings is 3. The van der Waals surface area contributed by atoms with Crippen molar-refractivity contribution >= 4 is 15.9 Å². The number of pyridine rings is 1. The number of methoxy groups -OCH3 is 1. The highest BCUT2D eigenvalue weighted by atomic mass is 79.9. The Morgan fingerprint density at radius 2 is 1.14 bits per heavy atom. The SMILES string of the molecule is COc1ccc(-c2cc(-c3ccc(C)cc3)cc(-c3ccc(Br)cc3)n2)cc1. The van der Waals surface area contributed by atoms with E-state index < -0.39 is 0 Å². The number of rotatable bonds is 4. The quantitative estimate of drug-likeness (QED) is 0.343. The average molecular weight is 430 g/mol. The first-order valence-corrected chi connectivity index (χ1v) is 9.91. The Hall–Kier alpha value is -2.91. The van der Waals surface area contributed by atoms with E-state index in [9.17, 15) is 0 Å². The number of aryl methyl sites for hydroxylation is 1. The van der Waals surface area contributed by atoms with Crippen LogP contribution >= 0.6 is 15.9 Å². The summed E-state index contributed by atoms with van der Waals surface area (Å²) < 4.78 is 6.35. The molecule has 4 rings (SSSR count). The Bertz CT molecular complexity index is 1020. The third-order valence-electron chi connectivity index (χ3n) is 4.74. The number of aromatic nitrogens is 1. The van der Waals surface area contributed by atoms with Gasteiger partial charge in [-0.25, -0.2) is 4.98 Å². The summed E-state index contributed by atoms with van der Waals surface area (Å²) in [6, 6.07) is 29.2. The predicted molar refractivity (Wildman–Crippen MR) is 120 cm³/mol. The van der Waals surface area contributed by atoms with Crippen molar-refractivity contribution in [1.82, 2.24) is 4.98 Å². The zero-order valence-electron chi connectivity index (χ0n) is 15.8. The summed E-state index contributed by atoms with van der Waals surface area (Å²) in [5.74, 6) is 0.839. The molecule has 0 aliphatic carbocycles. The van der Waals surface area contributed by atoms with E-state index in [0.29, 0.717) is 0 Å². The standard InChI is InChI=1S/C25H20BrNO/c1-17-3-5-18(6-4-17)21-15-24(19-7-11-22(26)12-8-19)27-25(16-21)20-9-13-23(28-2)14-10-20/h3-16H,1-2H3. The first-order chi connectivity index (χ1) is 13.6. The third kappa shape index (κ3) is 4.00. The molecule has 4 aromatic rings. The lowest BCUT2D eigenvalue weighted by molar-refractivity contribution is 0.415. The van der Waals surface area contributed by atoms with Gasteiger partial charge in [-0.2, -0.15) is 0 Å². The van der Waals surface area contributed by atoms with Crippen LogP contribution in [-0.4, -0.2) is 12.1 Å². The van der Waals surface area contributed by atoms with Crippen molar-refractivity contribution in [2.45, 2.75) is 6.92 Å². The van der Waals surface area contributed by atoms with Crippen molar-refractivity contribution in [3.05, 3.63) is 95.0 Å². The summed E-state index contributed by atoms with van der Waals surface area (Å²) in [7, 11) is 1.68. The second kappa shape index (κ2) is 7.99. The zero-order chi connectivity index (χ0) is 19.5. The van der Waals surface area contributed by atoms with Crippen LogP contribution in [0.2, 0.25) is 0 Å². The molecule has 1 aromatic heterocycles. The van der Waals surface area contributed by atoms with Crippen LogP contribution < -0.4 is 4.74 Å². The lowest BCUT2D eigenvalue weighted by atomic mass is 9.99. The molecular weight excluding hydrogens is 410 g/mol. The fraction of sp³-hybridized carbons (Fsp3) is 0.0800. The maximum absolute atomic E-state index is 5.29. The molecule has 0 saturated heterocycles. The Labute approximate surface area is 174 Å². The first-order valence-electron chi connectivity index (χ1n) is 9.12. The summed E-state index contributed by atoms with van der Waals surface area (Å²) in [5, 5.41) is 0. The van der Waals surface area contributed by atoms with Gasteiger partial charge in [0.1, 0.15) is 5.75 Å². The second-order valence-corrected chi connectivity index (χ2v) is 7.64. The summed E-state index contributed by atoms with van der Waals surface area (Å²) in [4.78, 5) is 4.95. The van der Waals surface area contributed by atoms with E-state index in [4.69, 9.17) is 9.72 Å². The van der Waals surface area contributed by atoms with Gasteiger partial charge in [0.2, 0.25) is 0 Å². The molecule has 0 atom stereocenters. The van der Waals surface area contributed by atoms with Gasteiger partial charge in [0.25, 0.3) is 0 Å². The van der Waals surface area contributed by atoms with Crippen molar-refractivity contribution in [1.29, 1.82) is 0 Å². The Balaban J connectivity index is 1.86. The highest BCUT2D eigenvalue weighted by Crippen LogP contribution is 2.31. The summed E-state index contributed by atoms with van der Waals surface area (Å²) in [6.07, 6.45) is 0. The van der Waals surface area contributed by atoms with Crippen LogP contribution in [0.5, 0.6) is 5.75 Å². The maximum atomic E-state index is 5.29. The van der Waals surface area contributed by atoms with Crippen LogP contribution in [0, 0.1) is 6.92 Å². The van der Waals surface area contributed by atoms with Crippen LogP contribution in [0.15, 0.2) is 89.4 Å². The predicted octanol–water partition coefficient (Wildman–Crippen LogP) is 7.16. The van der Waals surface area contributed by atoms with Crippen molar-refractivity contribution in [3.8, 4) is 39.4 Å². The number of halogens is 1. The van der Waals surface area contributed by atoms with Gasteiger partial charge in [-0.15, -0.1) is 0 Å². The molecule has 0 spiro atoms. The van der Waals surface area contributed by atoms with Gasteiger partial charge in [-0.3, -0.25) is 0 Å². The van der Waals surface area contributed by atoms with Crippen LogP contribution in [0.1, 0.15) is 5.56 Å². The van der Waals surface area contributed by atoms with Crippen LogP contribution in [-0.2, 0) is 0 Å². The number of nitrogens with zero attached hydrogens (tertiary/aromatic N) is 1. The molecule has 0 aliphatic heterocycles. The molecule has 28 heavy (non-hydrogen) atoms. The lowest BCUT2D eigenvalue weighted by Gasteiger charge is -2.11. The molecule has 0 fully saturated rings. The Kier molecular flexibility index (Phi) is 5.27. The molecule has 0 amide bonds. The van der Waals surface area contributed by atoms with Gasteiger partial charge in [-0.1, -0.05) is 57.9 Å². The Morgan fingerprint density at radius 3 is 1.68 bits per heavy atom. The van der Waals surface area contributed by atoms with Gasteiger partial charge in [0.05, 0.1) is 18.5 Å². The number of hydrogen-bond donors (Lipinski definition) is 0. The normalized spacial score (nSPS) is 10.7. The molecule has 0 radical (unpaired) electrons. The van der Waals surface area contributed by atoms with E-state index in [1.807, 2.05) is 36.4 Å². The Morgan fingerprint density at radius 1 is 0.643 bits per heavy atom. The summed E-state index contributed by atoms with van der Waals surface area (Å²) in [6.45, 7) is 2.10. The molecule has 1 heterocycles. The van der Waals surface area contributed by atoms with E-state index in [-0.39, 0.29) is 0 Å². The molecule has 0 N–H and O–H groups in total. The molecule has 3 heteroatoms. The van der Waals surface area contributed by atoms with E-state index >= 15 is 0 Å². The third-order valence-corrected chi connectivity index (χ3v) is 5.26. The van der Waals surface area contributed by atoms with Crippen molar-refractivity contribution in [2.24, 2.45) is 0 Å². The van der Waals surface area contributed by atoms with Crippen LogP contribution in [0.3, 0.4) is 0 Å². The second-order valence-electron chi connectivity index (χ2n) is 6.73. The molecule has 0 unspecified atom stereocenters. The number of hydrogen-bond acceptors (Lipinski definition) is 2. The van der Waals surface area contributed by atoms with Crippen molar-refractivity contribution in [2.75, 3.05) is 7.11 Å². The van der Waals surface area contributed by atoms with Gasteiger partial charge in [0, 0.05) is 15.6 Å². The molecule has 0 bridgehead atoms. The highest BCUT2D eigenvalue weighted by molar-refractivity contribution is 9.10. The topological polar surface area (TPSA) is 22.1 Å². The summed E-state index contributed by atoms with van der Waals surface area (Å²) in [5.41, 5.74) is 7.64. The minimum atomic E-state index is 0.839. The van der Waals surface area contributed by atoms with Gasteiger partial charge in [-0.05, 0) is 66.6 Å². The molecule has 0 saturated carbocycles. The largest absolute Gasteiger partial charge is 0.497 e. The smallest absolute Gasteiger partial charge is 0.118 e. The van der Waals surface area contributed by atoms with Gasteiger partial charge < -0.3 is 4.74 Å². The van der Waals surface area contributed by atoms with E-state index in [0.717, 1.165) is 38.3 Å². The monoisotopic (exact) mass is 429 g/mol. The lowest BCUT2D eigenvalue weighted by Crippen LogP contribution is -1.91. The molecular formula is C25H20BrNO. The maximum Gasteiger partial charge on any atom is 0.118 e. The van der Waals surface area contributed by atoms with E-state index in [2.05, 4.69) is 71.4 Å². The van der Waals surface area contributed by atoms with E-state index in [1.165, 1.54) is 11.1 Å². The van der Waals surface area contributed by atoms with Crippen molar-refractivity contribution in [3.63, 3.8) is 0 Å². The molecule has 138 valence electrons. The first kappa shape index (κ1) is 18.5.